The van der Waals surface area contributed by atoms with Crippen molar-refractivity contribution in [3.8, 4) is 5.75 Å². The molecule has 0 amide bonds. The van der Waals surface area contributed by atoms with E-state index in [1.807, 2.05) is 0 Å². The Labute approximate surface area is 118 Å². The van der Waals surface area contributed by atoms with E-state index in [1.165, 1.54) is 12.1 Å². The molecule has 0 atom stereocenters. The summed E-state index contributed by atoms with van der Waals surface area (Å²) in [7, 11) is -3.90. The average molecular weight is 305 g/mol. The van der Waals surface area contributed by atoms with Gasteiger partial charge in [-0.05, 0) is 30.5 Å². The van der Waals surface area contributed by atoms with Crippen molar-refractivity contribution >= 4 is 10.0 Å². The molecule has 0 saturated heterocycles. The maximum absolute atomic E-state index is 13.6. The first-order valence-electron chi connectivity index (χ1n) is 6.33. The number of hydrogen-bond acceptors (Lipinski definition) is 4. The van der Waals surface area contributed by atoms with Gasteiger partial charge in [0.05, 0.1) is 11.5 Å². The average Bonchev–Trinajstić information content (AvgIpc) is 2.33. The second-order valence-electron chi connectivity index (χ2n) is 4.78. The molecule has 1 aromatic rings. The van der Waals surface area contributed by atoms with Crippen LogP contribution in [0.5, 0.6) is 5.75 Å². The molecule has 0 bridgehead atoms. The minimum Gasteiger partial charge on any atom is -0.488 e. The Morgan fingerprint density at radius 2 is 1.95 bits per heavy atom. The highest BCUT2D eigenvalue weighted by molar-refractivity contribution is 7.89. The van der Waals surface area contributed by atoms with Gasteiger partial charge in [0.1, 0.15) is 6.61 Å². The van der Waals surface area contributed by atoms with Gasteiger partial charge in [0.25, 0.3) is 0 Å². The summed E-state index contributed by atoms with van der Waals surface area (Å²) in [6.45, 7) is 5.38. The van der Waals surface area contributed by atoms with Gasteiger partial charge in [-0.25, -0.2) is 17.9 Å². The summed E-state index contributed by atoms with van der Waals surface area (Å²) in [6.07, 6.45) is 0.956. The fourth-order valence-electron chi connectivity index (χ4n) is 1.41. The quantitative estimate of drug-likeness (QED) is 0.744. The van der Waals surface area contributed by atoms with Gasteiger partial charge in [-0.15, -0.1) is 0 Å². The molecule has 1 rings (SSSR count). The van der Waals surface area contributed by atoms with E-state index < -0.39 is 15.8 Å². The van der Waals surface area contributed by atoms with Gasteiger partial charge in [-0.3, -0.25) is 0 Å². The van der Waals surface area contributed by atoms with Gasteiger partial charge in [-0.2, -0.15) is 0 Å². The van der Waals surface area contributed by atoms with Gasteiger partial charge in [0, 0.05) is 6.61 Å². The largest absolute Gasteiger partial charge is 0.488 e. The SMILES string of the molecule is CC(C)CCOCCOc1ccc(S(N)(=O)=O)cc1F. The molecular formula is C13H20FNO4S. The molecule has 0 unspecified atom stereocenters. The van der Waals surface area contributed by atoms with Crippen molar-refractivity contribution in [2.75, 3.05) is 19.8 Å². The van der Waals surface area contributed by atoms with Crippen LogP contribution in [0.4, 0.5) is 4.39 Å². The summed E-state index contributed by atoms with van der Waals surface area (Å²) < 4.78 is 46.1. The molecule has 20 heavy (non-hydrogen) atoms. The third-order valence-electron chi connectivity index (χ3n) is 2.56. The smallest absolute Gasteiger partial charge is 0.238 e. The molecule has 0 saturated carbocycles. The van der Waals surface area contributed by atoms with Gasteiger partial charge in [0.15, 0.2) is 11.6 Å². The molecule has 0 spiro atoms. The zero-order valence-electron chi connectivity index (χ0n) is 11.6. The van der Waals surface area contributed by atoms with Crippen LogP contribution >= 0.6 is 0 Å². The molecule has 0 aliphatic rings. The molecule has 5 nitrogen and oxygen atoms in total. The molecule has 1 aromatic carbocycles. The minimum atomic E-state index is -3.90. The summed E-state index contributed by atoms with van der Waals surface area (Å²) in [5, 5.41) is 4.90. The Morgan fingerprint density at radius 1 is 1.25 bits per heavy atom. The van der Waals surface area contributed by atoms with Gasteiger partial charge >= 0.3 is 0 Å². The summed E-state index contributed by atoms with van der Waals surface area (Å²) in [5.74, 6) is -0.220. The van der Waals surface area contributed by atoms with E-state index >= 15 is 0 Å². The van der Waals surface area contributed by atoms with E-state index in [1.54, 1.807) is 0 Å². The highest BCUT2D eigenvalue weighted by atomic mass is 32.2. The van der Waals surface area contributed by atoms with Gasteiger partial charge < -0.3 is 9.47 Å². The number of sulfonamides is 1. The van der Waals surface area contributed by atoms with Crippen LogP contribution in [0.3, 0.4) is 0 Å². The van der Waals surface area contributed by atoms with Crippen LogP contribution in [0.25, 0.3) is 0 Å². The lowest BCUT2D eigenvalue weighted by atomic mass is 10.1. The normalized spacial score (nSPS) is 11.8. The number of benzene rings is 1. The summed E-state index contributed by atoms with van der Waals surface area (Å²) in [5.41, 5.74) is 0. The third-order valence-corrected chi connectivity index (χ3v) is 3.47. The lowest BCUT2D eigenvalue weighted by Crippen LogP contribution is -2.13. The van der Waals surface area contributed by atoms with Crippen LogP contribution in [-0.4, -0.2) is 28.2 Å². The first-order valence-corrected chi connectivity index (χ1v) is 7.88. The molecule has 0 radical (unpaired) electrons. The zero-order chi connectivity index (χ0) is 15.2. The van der Waals surface area contributed by atoms with E-state index in [0.717, 1.165) is 12.5 Å². The first-order chi connectivity index (χ1) is 9.30. The molecule has 0 aliphatic carbocycles. The van der Waals surface area contributed by atoms with Crippen LogP contribution in [-0.2, 0) is 14.8 Å². The van der Waals surface area contributed by atoms with E-state index in [9.17, 15) is 12.8 Å². The van der Waals surface area contributed by atoms with E-state index in [4.69, 9.17) is 14.6 Å². The molecule has 0 aliphatic heterocycles. The van der Waals surface area contributed by atoms with Crippen molar-refractivity contribution in [1.29, 1.82) is 0 Å². The van der Waals surface area contributed by atoms with Crippen LogP contribution in [0.15, 0.2) is 23.1 Å². The van der Waals surface area contributed by atoms with Crippen LogP contribution < -0.4 is 9.88 Å². The monoisotopic (exact) mass is 305 g/mol. The molecule has 0 fully saturated rings. The number of hydrogen-bond donors (Lipinski definition) is 1. The third kappa shape index (κ3) is 5.85. The Bertz CT molecular complexity index is 531. The van der Waals surface area contributed by atoms with Crippen LogP contribution in [0.1, 0.15) is 20.3 Å². The molecule has 0 heterocycles. The number of halogens is 1. The number of nitrogens with two attached hydrogens (primary N) is 1. The summed E-state index contributed by atoms with van der Waals surface area (Å²) in [6, 6.07) is 3.28. The van der Waals surface area contributed by atoms with Crippen LogP contribution in [0, 0.1) is 11.7 Å². The van der Waals surface area contributed by atoms with Crippen molar-refractivity contribution in [3.05, 3.63) is 24.0 Å². The number of ether oxygens (including phenoxy) is 2. The Hall–Kier alpha value is -1.18. The highest BCUT2D eigenvalue weighted by Crippen LogP contribution is 2.20. The number of primary sulfonamides is 1. The van der Waals surface area contributed by atoms with E-state index in [0.29, 0.717) is 19.1 Å². The fraction of sp³-hybridized carbons (Fsp3) is 0.538. The van der Waals surface area contributed by atoms with E-state index in [-0.39, 0.29) is 17.3 Å². The zero-order valence-corrected chi connectivity index (χ0v) is 12.5. The number of rotatable bonds is 8. The second-order valence-corrected chi connectivity index (χ2v) is 6.34. The Morgan fingerprint density at radius 3 is 2.50 bits per heavy atom. The van der Waals surface area contributed by atoms with Crippen molar-refractivity contribution in [1.82, 2.24) is 0 Å². The maximum Gasteiger partial charge on any atom is 0.238 e. The lowest BCUT2D eigenvalue weighted by Gasteiger charge is -2.09. The van der Waals surface area contributed by atoms with Crippen molar-refractivity contribution in [2.24, 2.45) is 11.1 Å². The van der Waals surface area contributed by atoms with Crippen molar-refractivity contribution in [2.45, 2.75) is 25.2 Å². The maximum atomic E-state index is 13.6. The standard InChI is InChI=1S/C13H20FNO4S/c1-10(2)5-6-18-7-8-19-13-4-3-11(9-12(13)14)20(15,16)17/h3-4,9-10H,5-8H2,1-2H3,(H2,15,16,17). The molecule has 0 aromatic heterocycles. The van der Waals surface area contributed by atoms with Gasteiger partial charge in [0.2, 0.25) is 10.0 Å². The molecular weight excluding hydrogens is 285 g/mol. The molecule has 114 valence electrons. The summed E-state index contributed by atoms with van der Waals surface area (Å²) >= 11 is 0. The van der Waals surface area contributed by atoms with Crippen LogP contribution in [0.2, 0.25) is 0 Å². The highest BCUT2D eigenvalue weighted by Gasteiger charge is 2.12. The van der Waals surface area contributed by atoms with E-state index in [2.05, 4.69) is 13.8 Å². The predicted octanol–water partition coefficient (Wildman–Crippen LogP) is 1.91. The fourth-order valence-corrected chi connectivity index (χ4v) is 1.93. The van der Waals surface area contributed by atoms with Gasteiger partial charge in [-0.1, -0.05) is 13.8 Å². The Kier molecular flexibility index (Phi) is 6.38. The van der Waals surface area contributed by atoms with Crippen molar-refractivity contribution < 1.29 is 22.3 Å². The second kappa shape index (κ2) is 7.56. The summed E-state index contributed by atoms with van der Waals surface area (Å²) in [4.78, 5) is -0.282. The molecule has 2 N–H and O–H groups in total. The topological polar surface area (TPSA) is 78.6 Å². The lowest BCUT2D eigenvalue weighted by molar-refractivity contribution is 0.0913. The van der Waals surface area contributed by atoms with Crippen molar-refractivity contribution in [3.63, 3.8) is 0 Å². The Balaban J connectivity index is 2.42. The first kappa shape index (κ1) is 16.9. The molecule has 7 heteroatoms. The predicted molar refractivity (Wildman–Crippen MR) is 73.5 cm³/mol. The minimum absolute atomic E-state index is 0.0233.